The van der Waals surface area contributed by atoms with E-state index in [1.165, 1.54) is 7.11 Å². The van der Waals surface area contributed by atoms with E-state index < -0.39 is 0 Å². The number of hydrogen-bond donors (Lipinski definition) is 2. The van der Waals surface area contributed by atoms with Gasteiger partial charge < -0.3 is 15.8 Å². The molecular formula is C12H15N3O2. The van der Waals surface area contributed by atoms with E-state index in [2.05, 4.69) is 11.4 Å². The van der Waals surface area contributed by atoms with E-state index in [0.717, 1.165) is 0 Å². The largest absolute Gasteiger partial charge is 0.495 e. The fraction of sp³-hybridized carbons (Fsp3) is 0.333. The van der Waals surface area contributed by atoms with E-state index in [9.17, 15) is 4.79 Å². The molecule has 1 aromatic rings. The highest BCUT2D eigenvalue weighted by Crippen LogP contribution is 2.27. The zero-order valence-electron chi connectivity index (χ0n) is 9.86. The van der Waals surface area contributed by atoms with Gasteiger partial charge in [-0.15, -0.1) is 0 Å². The summed E-state index contributed by atoms with van der Waals surface area (Å²) in [4.78, 5) is 10.9. The molecule has 0 fully saturated rings. The normalized spacial score (nSPS) is 11.4. The Morgan fingerprint density at radius 3 is 2.88 bits per heavy atom. The number of ether oxygens (including phenoxy) is 1. The Hall–Kier alpha value is -2.22. The predicted molar refractivity (Wildman–Crippen MR) is 64.6 cm³/mol. The molecular weight excluding hydrogens is 218 g/mol. The zero-order chi connectivity index (χ0) is 12.8. The molecule has 0 radical (unpaired) electrons. The second-order valence-electron chi connectivity index (χ2n) is 3.68. The van der Waals surface area contributed by atoms with Gasteiger partial charge in [-0.1, -0.05) is 13.0 Å². The molecule has 0 aromatic heterocycles. The highest BCUT2D eigenvalue weighted by atomic mass is 16.5. The van der Waals surface area contributed by atoms with E-state index >= 15 is 0 Å². The molecule has 1 amide bonds. The minimum Gasteiger partial charge on any atom is -0.495 e. The number of anilines is 1. The van der Waals surface area contributed by atoms with Crippen molar-refractivity contribution >= 4 is 11.6 Å². The fourth-order valence-corrected chi connectivity index (χ4v) is 1.33. The molecule has 0 bridgehead atoms. The van der Waals surface area contributed by atoms with Crippen LogP contribution in [0.3, 0.4) is 0 Å². The van der Waals surface area contributed by atoms with Gasteiger partial charge >= 0.3 is 0 Å². The quantitative estimate of drug-likeness (QED) is 0.797. The third-order valence-corrected chi connectivity index (χ3v) is 2.44. The number of carbonyl (C=O) groups is 1. The molecule has 1 aromatic carbocycles. The predicted octanol–water partition coefficient (Wildman–Crippen LogP) is 1.10. The summed E-state index contributed by atoms with van der Waals surface area (Å²) in [6.45, 7) is 2.08. The first-order chi connectivity index (χ1) is 8.10. The third-order valence-electron chi connectivity index (χ3n) is 2.44. The topological polar surface area (TPSA) is 88.1 Å². The molecule has 5 heteroatoms. The van der Waals surface area contributed by atoms with Gasteiger partial charge in [0.1, 0.15) is 11.8 Å². The summed E-state index contributed by atoms with van der Waals surface area (Å²) in [5.41, 5.74) is 6.23. The van der Waals surface area contributed by atoms with Crippen molar-refractivity contribution < 1.29 is 9.53 Å². The van der Waals surface area contributed by atoms with Crippen LogP contribution in [-0.2, 0) is 4.79 Å². The Labute approximate surface area is 100 Å². The van der Waals surface area contributed by atoms with Crippen LogP contribution < -0.4 is 15.8 Å². The maximum atomic E-state index is 10.9. The van der Waals surface area contributed by atoms with Crippen LogP contribution in [0, 0.1) is 17.2 Å². The number of nitrogens with zero attached hydrogens (tertiary/aromatic N) is 1. The van der Waals surface area contributed by atoms with Crippen molar-refractivity contribution in [3.8, 4) is 11.8 Å². The number of rotatable bonds is 5. The lowest BCUT2D eigenvalue weighted by atomic mass is 10.1. The number of carbonyl (C=O) groups excluding carboxylic acids is 1. The van der Waals surface area contributed by atoms with Gasteiger partial charge in [-0.2, -0.15) is 5.26 Å². The maximum absolute atomic E-state index is 10.9. The maximum Gasteiger partial charge on any atom is 0.222 e. The van der Waals surface area contributed by atoms with Crippen molar-refractivity contribution in [2.24, 2.45) is 11.7 Å². The summed E-state index contributed by atoms with van der Waals surface area (Å²) in [5.74, 6) is -0.127. The molecule has 0 saturated heterocycles. The summed E-state index contributed by atoms with van der Waals surface area (Å²) in [7, 11) is 1.53. The minimum atomic E-state index is -0.383. The van der Waals surface area contributed by atoms with E-state index in [1.807, 2.05) is 0 Å². The monoisotopic (exact) mass is 233 g/mol. The fourth-order valence-electron chi connectivity index (χ4n) is 1.33. The van der Waals surface area contributed by atoms with Crippen molar-refractivity contribution in [3.05, 3.63) is 23.8 Å². The van der Waals surface area contributed by atoms with Crippen molar-refractivity contribution in [1.82, 2.24) is 0 Å². The number of amides is 1. The van der Waals surface area contributed by atoms with Gasteiger partial charge in [0, 0.05) is 6.54 Å². The smallest absolute Gasteiger partial charge is 0.222 e. The Kier molecular flexibility index (Phi) is 4.35. The number of para-hydroxylation sites is 1. The Bertz CT molecular complexity index is 452. The van der Waals surface area contributed by atoms with Crippen LogP contribution in [0.5, 0.6) is 5.75 Å². The molecule has 0 aliphatic heterocycles. The highest BCUT2D eigenvalue weighted by Gasteiger charge is 2.12. The Balaban J connectivity index is 2.89. The molecule has 17 heavy (non-hydrogen) atoms. The number of hydrogen-bond acceptors (Lipinski definition) is 4. The van der Waals surface area contributed by atoms with Gasteiger partial charge in [0.05, 0.1) is 24.3 Å². The number of nitriles is 1. The second kappa shape index (κ2) is 5.75. The molecule has 5 nitrogen and oxygen atoms in total. The molecule has 0 spiro atoms. The number of nitrogens with one attached hydrogen (secondary N) is 1. The second-order valence-corrected chi connectivity index (χ2v) is 3.68. The summed E-state index contributed by atoms with van der Waals surface area (Å²) >= 11 is 0. The lowest BCUT2D eigenvalue weighted by Gasteiger charge is -2.14. The van der Waals surface area contributed by atoms with E-state index in [1.54, 1.807) is 25.1 Å². The molecule has 0 heterocycles. The lowest BCUT2D eigenvalue weighted by molar-refractivity contribution is -0.120. The van der Waals surface area contributed by atoms with Crippen LogP contribution in [-0.4, -0.2) is 19.6 Å². The zero-order valence-corrected chi connectivity index (χ0v) is 9.86. The van der Waals surface area contributed by atoms with Gasteiger partial charge in [-0.25, -0.2) is 0 Å². The first kappa shape index (κ1) is 12.8. The molecule has 1 unspecified atom stereocenters. The van der Waals surface area contributed by atoms with Crippen LogP contribution in [0.1, 0.15) is 12.5 Å². The average molecular weight is 233 g/mol. The average Bonchev–Trinajstić information content (AvgIpc) is 2.34. The van der Waals surface area contributed by atoms with Crippen molar-refractivity contribution in [2.45, 2.75) is 6.92 Å². The Morgan fingerprint density at radius 2 is 2.35 bits per heavy atom. The molecule has 0 aliphatic rings. The number of methoxy groups -OCH3 is 1. The Morgan fingerprint density at radius 1 is 1.65 bits per heavy atom. The van der Waals surface area contributed by atoms with Crippen LogP contribution in [0.25, 0.3) is 0 Å². The molecule has 0 aliphatic carbocycles. The molecule has 1 atom stereocenters. The standard InChI is InChI=1S/C12H15N3O2/c1-8(12(14)16)7-15-11-9(6-13)4-3-5-10(11)17-2/h3-5,8,15H,7H2,1-2H3,(H2,14,16). The van der Waals surface area contributed by atoms with Gasteiger partial charge in [-0.3, -0.25) is 4.79 Å². The lowest BCUT2D eigenvalue weighted by Crippen LogP contribution is -2.27. The third kappa shape index (κ3) is 3.11. The minimum absolute atomic E-state index is 0.313. The van der Waals surface area contributed by atoms with Gasteiger partial charge in [0.2, 0.25) is 5.91 Å². The first-order valence-electron chi connectivity index (χ1n) is 5.20. The molecule has 90 valence electrons. The highest BCUT2D eigenvalue weighted by molar-refractivity contribution is 5.77. The summed E-state index contributed by atoms with van der Waals surface area (Å²) in [5, 5.41) is 12.0. The van der Waals surface area contributed by atoms with Crippen LogP contribution in [0.15, 0.2) is 18.2 Å². The number of benzene rings is 1. The summed E-state index contributed by atoms with van der Waals surface area (Å²) in [6.07, 6.45) is 0. The molecule has 3 N–H and O–H groups in total. The van der Waals surface area contributed by atoms with Crippen molar-refractivity contribution in [3.63, 3.8) is 0 Å². The SMILES string of the molecule is COc1cccc(C#N)c1NCC(C)C(N)=O. The number of nitrogens with two attached hydrogens (primary N) is 1. The summed E-state index contributed by atoms with van der Waals surface area (Å²) < 4.78 is 5.15. The van der Waals surface area contributed by atoms with Gasteiger partial charge in [-0.05, 0) is 12.1 Å². The molecule has 0 saturated carbocycles. The van der Waals surface area contributed by atoms with E-state index in [0.29, 0.717) is 23.5 Å². The van der Waals surface area contributed by atoms with Crippen LogP contribution in [0.4, 0.5) is 5.69 Å². The van der Waals surface area contributed by atoms with E-state index in [-0.39, 0.29) is 11.8 Å². The summed E-state index contributed by atoms with van der Waals surface area (Å²) in [6, 6.07) is 7.23. The molecule has 1 rings (SSSR count). The van der Waals surface area contributed by atoms with Crippen LogP contribution in [0.2, 0.25) is 0 Å². The van der Waals surface area contributed by atoms with Gasteiger partial charge in [0.25, 0.3) is 0 Å². The van der Waals surface area contributed by atoms with Gasteiger partial charge in [0.15, 0.2) is 0 Å². The van der Waals surface area contributed by atoms with Crippen molar-refractivity contribution in [1.29, 1.82) is 5.26 Å². The van der Waals surface area contributed by atoms with E-state index in [4.69, 9.17) is 15.7 Å². The van der Waals surface area contributed by atoms with Crippen LogP contribution >= 0.6 is 0 Å². The first-order valence-corrected chi connectivity index (χ1v) is 5.20. The number of primary amides is 1. The van der Waals surface area contributed by atoms with Crippen molar-refractivity contribution in [2.75, 3.05) is 19.0 Å².